The van der Waals surface area contributed by atoms with Gasteiger partial charge in [-0.2, -0.15) is 9.97 Å². The molecule has 0 atom stereocenters. The lowest BCUT2D eigenvalue weighted by atomic mass is 10.3. The maximum Gasteiger partial charge on any atom is 0.224 e. The van der Waals surface area contributed by atoms with Crippen molar-refractivity contribution >= 4 is 84.3 Å². The largest absolute Gasteiger partial charge is 0.383 e. The molecule has 5 aromatic heterocycles. The standard InChI is InChI=1S/C7H12N4.C6H8ClN3.C6H10N4.2C5H6ClN3.5C2H6.5CH4.B/c1-5-4-10-7(9-3)11-6(5)8-2;2*1-4-3-9-6(7)10-5(4)8-2;1-3-2-8-5(6)9-4(3)7;1-3-2-8-5(7)9-4(3)6;5*1-2;;;;;;/h4H,1-3H3,(H2,8,9,10,11);3H,1-2H3,(H,8,9,10);3H,1-2H3,(H3,7,8,9,10);2*2H,1H3,(H2,7,8,9);5*1-2H3;5*1H4;. The highest BCUT2D eigenvalue weighted by Gasteiger charge is 2.00. The molecule has 5 rings (SSSR count). The van der Waals surface area contributed by atoms with Gasteiger partial charge in [0.15, 0.2) is 0 Å². The summed E-state index contributed by atoms with van der Waals surface area (Å²) in [5.74, 6) is 4.02. The number of nitrogens with one attached hydrogen (secondary N) is 4. The van der Waals surface area contributed by atoms with E-state index in [0.717, 1.165) is 45.3 Å². The lowest BCUT2D eigenvalue weighted by Gasteiger charge is -2.04. The van der Waals surface area contributed by atoms with Crippen LogP contribution in [0.25, 0.3) is 0 Å². The second-order valence-electron chi connectivity index (χ2n) is 9.57. The van der Waals surface area contributed by atoms with Crippen molar-refractivity contribution in [3.63, 3.8) is 0 Å². The van der Waals surface area contributed by atoms with Gasteiger partial charge in [-0.3, -0.25) is 0 Å². The van der Waals surface area contributed by atoms with Crippen molar-refractivity contribution in [3.8, 4) is 0 Å². The monoisotopic (exact) mass is 975 g/mol. The van der Waals surface area contributed by atoms with Gasteiger partial charge in [-0.05, 0) is 57.8 Å². The summed E-state index contributed by atoms with van der Waals surface area (Å²) in [6.45, 7) is 29.5. The third-order valence-electron chi connectivity index (χ3n) is 5.75. The second kappa shape index (κ2) is 57.0. The molecule has 0 fully saturated rings. The Kier molecular flexibility index (Phi) is 76.2. The van der Waals surface area contributed by atoms with Crippen molar-refractivity contribution < 1.29 is 0 Å². The zero-order chi connectivity index (χ0) is 47.1. The molecule has 65 heavy (non-hydrogen) atoms. The maximum absolute atomic E-state index is 5.58. The molecule has 17 nitrogen and oxygen atoms in total. The zero-order valence-electron chi connectivity index (χ0n) is 39.3. The van der Waals surface area contributed by atoms with Gasteiger partial charge in [0.05, 0.1) is 0 Å². The van der Waals surface area contributed by atoms with Gasteiger partial charge in [0, 0.05) is 95.4 Å². The number of hydrogen-bond acceptors (Lipinski definition) is 17. The van der Waals surface area contributed by atoms with Crippen molar-refractivity contribution in [2.45, 2.75) is 141 Å². The summed E-state index contributed by atoms with van der Waals surface area (Å²) in [5, 5.41) is 12.5. The topological polar surface area (TPSA) is 255 Å². The number of aryl methyl sites for hydroxylation is 5. The Hall–Kier alpha value is -5.07. The highest BCUT2D eigenvalue weighted by molar-refractivity contribution is 6.30. The van der Waals surface area contributed by atoms with E-state index >= 15 is 0 Å². The molecule has 0 saturated heterocycles. The average molecular weight is 977 g/mol. The Morgan fingerprint density at radius 3 is 1.00 bits per heavy atom. The second-order valence-corrected chi connectivity index (χ2v) is 10.6. The van der Waals surface area contributed by atoms with E-state index in [0.29, 0.717) is 22.9 Å². The summed E-state index contributed by atoms with van der Waals surface area (Å²) in [5.41, 5.74) is 20.7. The first kappa shape index (κ1) is 86.9. The first-order chi connectivity index (χ1) is 28.1. The fraction of sp³-hybridized carbons (Fsp3) is 0.545. The van der Waals surface area contributed by atoms with E-state index < -0.39 is 0 Å². The Morgan fingerprint density at radius 1 is 0.385 bits per heavy atom. The highest BCUT2D eigenvalue weighted by Crippen LogP contribution is 2.12. The molecule has 3 radical (unpaired) electrons. The van der Waals surface area contributed by atoms with Crippen LogP contribution in [-0.4, -0.2) is 86.4 Å². The van der Waals surface area contributed by atoms with Crippen molar-refractivity contribution in [1.82, 2.24) is 49.8 Å². The molecule has 0 aliphatic carbocycles. The average Bonchev–Trinajstić information content (AvgIpc) is 3.27. The molecular weight excluding hydrogens is 884 g/mol. The van der Waals surface area contributed by atoms with Crippen LogP contribution < -0.4 is 38.5 Å². The van der Waals surface area contributed by atoms with Crippen LogP contribution in [0.3, 0.4) is 0 Å². The molecule has 21 heteroatoms. The minimum Gasteiger partial charge on any atom is -0.383 e. The first-order valence-electron chi connectivity index (χ1n) is 19.3. The number of nitrogens with two attached hydrogens (primary N) is 3. The van der Waals surface area contributed by atoms with Gasteiger partial charge < -0.3 is 38.5 Å². The predicted molar refractivity (Wildman–Crippen MR) is 296 cm³/mol. The van der Waals surface area contributed by atoms with Crippen LogP contribution in [0.4, 0.5) is 41.1 Å². The molecule has 377 valence electrons. The van der Waals surface area contributed by atoms with Crippen molar-refractivity contribution in [3.05, 3.63) is 74.5 Å². The van der Waals surface area contributed by atoms with Gasteiger partial charge in [0.25, 0.3) is 0 Å². The molecule has 0 aromatic carbocycles. The van der Waals surface area contributed by atoms with E-state index in [-0.39, 0.29) is 62.1 Å². The summed E-state index contributed by atoms with van der Waals surface area (Å²) >= 11 is 16.5. The first-order valence-corrected chi connectivity index (χ1v) is 20.4. The van der Waals surface area contributed by atoms with Gasteiger partial charge in [0.1, 0.15) is 28.4 Å². The quantitative estimate of drug-likeness (QED) is 0.0502. The highest BCUT2D eigenvalue weighted by atomic mass is 35.5. The Morgan fingerprint density at radius 2 is 0.692 bits per heavy atom. The summed E-state index contributed by atoms with van der Waals surface area (Å²) in [7, 11) is 7.24. The van der Waals surface area contributed by atoms with Crippen LogP contribution in [0, 0.1) is 34.6 Å². The third kappa shape index (κ3) is 41.4. The maximum atomic E-state index is 5.58. The smallest absolute Gasteiger partial charge is 0.224 e. The molecule has 5 heterocycles. The van der Waals surface area contributed by atoms with Gasteiger partial charge in [-0.25, -0.2) is 39.9 Å². The van der Waals surface area contributed by atoms with Gasteiger partial charge >= 0.3 is 0 Å². The van der Waals surface area contributed by atoms with Crippen molar-refractivity contribution in [1.29, 1.82) is 0 Å². The van der Waals surface area contributed by atoms with Crippen LogP contribution in [0.5, 0.6) is 0 Å². The number of aromatic nitrogens is 10. The number of nitrogens with zero attached hydrogens (tertiary/aromatic N) is 10. The van der Waals surface area contributed by atoms with E-state index in [4.69, 9.17) is 52.0 Å². The molecular formula is C44H92BCl3N17. The summed E-state index contributed by atoms with van der Waals surface area (Å²) in [6, 6.07) is 0. The van der Waals surface area contributed by atoms with Crippen LogP contribution in [0.15, 0.2) is 31.0 Å². The molecule has 0 amide bonds. The predicted octanol–water partition coefficient (Wildman–Crippen LogP) is 12.7. The fourth-order valence-corrected chi connectivity index (χ4v) is 3.47. The molecule has 0 aliphatic heterocycles. The number of nitrogen functional groups attached to an aromatic ring is 3. The number of hydrogen-bond donors (Lipinski definition) is 7. The Balaban J connectivity index is -0.0000000581. The van der Waals surface area contributed by atoms with Gasteiger partial charge in [0.2, 0.25) is 28.4 Å². The fourth-order valence-electron chi connectivity index (χ4n) is 3.06. The number of anilines is 7. The molecule has 0 aliphatic rings. The van der Waals surface area contributed by atoms with E-state index in [1.165, 1.54) is 0 Å². The number of rotatable bonds is 4. The van der Waals surface area contributed by atoms with Crippen LogP contribution in [-0.2, 0) is 0 Å². The Bertz CT molecular complexity index is 1670. The minimum absolute atomic E-state index is 0. The lowest BCUT2D eigenvalue weighted by molar-refractivity contribution is 1.11. The molecule has 0 bridgehead atoms. The van der Waals surface area contributed by atoms with E-state index in [9.17, 15) is 0 Å². The molecule has 0 spiro atoms. The molecule has 5 aromatic rings. The summed E-state index contributed by atoms with van der Waals surface area (Å²) in [4.78, 5) is 38.6. The molecule has 0 unspecified atom stereocenters. The zero-order valence-corrected chi connectivity index (χ0v) is 41.6. The normalized spacial score (nSPS) is 7.60. The van der Waals surface area contributed by atoms with E-state index in [2.05, 4.69) is 71.1 Å². The van der Waals surface area contributed by atoms with Gasteiger partial charge in [-0.15, -0.1) is 0 Å². The molecule has 10 N–H and O–H groups in total. The van der Waals surface area contributed by atoms with Crippen LogP contribution >= 0.6 is 34.8 Å². The van der Waals surface area contributed by atoms with Crippen LogP contribution in [0.1, 0.15) is 134 Å². The van der Waals surface area contributed by atoms with E-state index in [1.807, 2.05) is 111 Å². The molecule has 0 saturated carbocycles. The van der Waals surface area contributed by atoms with Gasteiger partial charge in [-0.1, -0.05) is 118 Å². The summed E-state index contributed by atoms with van der Waals surface area (Å²) in [6.07, 6.45) is 8.33. The van der Waals surface area contributed by atoms with Crippen molar-refractivity contribution in [2.24, 2.45) is 0 Å². The minimum atomic E-state index is 0. The third-order valence-corrected chi connectivity index (χ3v) is 6.50. The van der Waals surface area contributed by atoms with E-state index in [1.54, 1.807) is 52.1 Å². The SMILES string of the molecule is C.C.C.C.C.CC.CC.CC.CC.CC.CNc1nc(Cl)ncc1C.CNc1nc(N)ncc1C.CNc1ncc(C)c(NC)n1.Cc1cnc(Cl)nc1N.Cc1cnc(N)nc1Cl.[B]. The summed E-state index contributed by atoms with van der Waals surface area (Å²) < 4.78 is 0. The number of halogens is 3. The van der Waals surface area contributed by atoms with Crippen LogP contribution in [0.2, 0.25) is 15.7 Å². The lowest BCUT2D eigenvalue weighted by Crippen LogP contribution is -2.01. The Labute approximate surface area is 414 Å². The van der Waals surface area contributed by atoms with Crippen molar-refractivity contribution in [2.75, 3.05) is 66.7 Å².